The summed E-state index contributed by atoms with van der Waals surface area (Å²) < 4.78 is 0. The minimum Gasteiger partial charge on any atom is -0.481 e. The SMILES string of the molecule is CCCCN(/C=C(/C#N)C(=O)NCCC(=O)O)CCCC. The molecule has 6 nitrogen and oxygen atoms in total. The van der Waals surface area contributed by atoms with Crippen molar-refractivity contribution >= 4 is 11.9 Å². The van der Waals surface area contributed by atoms with Crippen molar-refractivity contribution in [1.29, 1.82) is 5.26 Å². The van der Waals surface area contributed by atoms with Crippen molar-refractivity contribution in [3.63, 3.8) is 0 Å². The lowest BCUT2D eigenvalue weighted by atomic mass is 10.2. The van der Waals surface area contributed by atoms with Gasteiger partial charge in [-0.25, -0.2) is 0 Å². The quantitative estimate of drug-likeness (QED) is 0.448. The molecule has 21 heavy (non-hydrogen) atoms. The number of carboxylic acid groups (broad SMARTS) is 1. The molecule has 0 aromatic heterocycles. The molecule has 0 aromatic rings. The maximum atomic E-state index is 11.8. The fourth-order valence-corrected chi connectivity index (χ4v) is 1.66. The molecule has 0 rings (SSSR count). The fraction of sp³-hybridized carbons (Fsp3) is 0.667. The molecule has 0 aliphatic rings. The number of amides is 1. The van der Waals surface area contributed by atoms with Crippen LogP contribution in [0.1, 0.15) is 46.0 Å². The molecule has 0 atom stereocenters. The normalized spacial score (nSPS) is 10.8. The lowest BCUT2D eigenvalue weighted by Crippen LogP contribution is -2.29. The van der Waals surface area contributed by atoms with E-state index in [1.165, 1.54) is 0 Å². The monoisotopic (exact) mass is 295 g/mol. The molecule has 0 aromatic carbocycles. The van der Waals surface area contributed by atoms with Crippen LogP contribution in [-0.2, 0) is 9.59 Å². The molecule has 1 amide bonds. The first-order valence-electron chi connectivity index (χ1n) is 7.41. The molecule has 6 heteroatoms. The Kier molecular flexibility index (Phi) is 10.6. The van der Waals surface area contributed by atoms with Gasteiger partial charge in [0.05, 0.1) is 6.42 Å². The van der Waals surface area contributed by atoms with Crippen LogP contribution in [0.15, 0.2) is 11.8 Å². The summed E-state index contributed by atoms with van der Waals surface area (Å²) in [6, 6.07) is 1.88. The Morgan fingerprint density at radius 2 is 1.81 bits per heavy atom. The summed E-state index contributed by atoms with van der Waals surface area (Å²) in [4.78, 5) is 24.2. The van der Waals surface area contributed by atoms with E-state index in [1.54, 1.807) is 6.20 Å². The molecule has 0 spiro atoms. The fourth-order valence-electron chi connectivity index (χ4n) is 1.66. The number of nitrogens with one attached hydrogen (secondary N) is 1. The summed E-state index contributed by atoms with van der Waals surface area (Å²) >= 11 is 0. The highest BCUT2D eigenvalue weighted by Crippen LogP contribution is 2.04. The van der Waals surface area contributed by atoms with Gasteiger partial charge in [0.25, 0.3) is 5.91 Å². The van der Waals surface area contributed by atoms with Crippen LogP contribution >= 0.6 is 0 Å². The van der Waals surface area contributed by atoms with Gasteiger partial charge in [-0.2, -0.15) is 5.26 Å². The second-order valence-electron chi connectivity index (χ2n) is 4.80. The average Bonchev–Trinajstić information content (AvgIpc) is 2.46. The Labute approximate surface area is 126 Å². The van der Waals surface area contributed by atoms with E-state index in [0.29, 0.717) is 0 Å². The number of hydrogen-bond donors (Lipinski definition) is 2. The number of hydrogen-bond acceptors (Lipinski definition) is 4. The zero-order valence-electron chi connectivity index (χ0n) is 12.9. The summed E-state index contributed by atoms with van der Waals surface area (Å²) in [6.07, 6.45) is 5.52. The third kappa shape index (κ3) is 9.50. The minimum atomic E-state index is -0.981. The molecule has 0 aliphatic carbocycles. The third-order valence-electron chi connectivity index (χ3n) is 2.90. The van der Waals surface area contributed by atoms with Crippen LogP contribution in [0.4, 0.5) is 0 Å². The number of carboxylic acids is 1. The Morgan fingerprint density at radius 1 is 1.24 bits per heavy atom. The molecular formula is C15H25N3O3. The largest absolute Gasteiger partial charge is 0.481 e. The Morgan fingerprint density at radius 3 is 2.24 bits per heavy atom. The summed E-state index contributed by atoms with van der Waals surface area (Å²) in [5, 5.41) is 20.1. The molecular weight excluding hydrogens is 270 g/mol. The van der Waals surface area contributed by atoms with E-state index in [-0.39, 0.29) is 18.5 Å². The predicted molar refractivity (Wildman–Crippen MR) is 80.3 cm³/mol. The van der Waals surface area contributed by atoms with Crippen molar-refractivity contribution in [3.05, 3.63) is 11.8 Å². The van der Waals surface area contributed by atoms with Crippen LogP contribution in [0, 0.1) is 11.3 Å². The number of nitrogens with zero attached hydrogens (tertiary/aromatic N) is 2. The number of carbonyl (C=O) groups excluding carboxylic acids is 1. The van der Waals surface area contributed by atoms with Crippen molar-refractivity contribution in [1.82, 2.24) is 10.2 Å². The summed E-state index contributed by atoms with van der Waals surface area (Å²) in [7, 11) is 0. The van der Waals surface area contributed by atoms with Gasteiger partial charge in [-0.1, -0.05) is 26.7 Å². The first-order chi connectivity index (χ1) is 10.0. The van der Waals surface area contributed by atoms with Gasteiger partial charge in [0.2, 0.25) is 0 Å². The first kappa shape index (κ1) is 19.0. The van der Waals surface area contributed by atoms with Crippen LogP contribution in [0.25, 0.3) is 0 Å². The number of aliphatic carboxylic acids is 1. The molecule has 0 heterocycles. The zero-order valence-corrected chi connectivity index (χ0v) is 12.9. The molecule has 0 radical (unpaired) electrons. The van der Waals surface area contributed by atoms with Crippen molar-refractivity contribution < 1.29 is 14.7 Å². The summed E-state index contributed by atoms with van der Waals surface area (Å²) in [5.74, 6) is -1.50. The highest BCUT2D eigenvalue weighted by Gasteiger charge is 2.11. The molecule has 0 bridgehead atoms. The van der Waals surface area contributed by atoms with E-state index in [9.17, 15) is 9.59 Å². The van der Waals surface area contributed by atoms with Crippen LogP contribution in [0.2, 0.25) is 0 Å². The van der Waals surface area contributed by atoms with E-state index >= 15 is 0 Å². The van der Waals surface area contributed by atoms with Crippen LogP contribution in [-0.4, -0.2) is 41.5 Å². The smallest absolute Gasteiger partial charge is 0.305 e. The van der Waals surface area contributed by atoms with Crippen molar-refractivity contribution in [3.8, 4) is 6.07 Å². The van der Waals surface area contributed by atoms with Gasteiger partial charge < -0.3 is 15.3 Å². The standard InChI is InChI=1S/C15H25N3O3/c1-3-5-9-18(10-6-4-2)12-13(11-16)15(21)17-8-7-14(19)20/h12H,3-10H2,1-2H3,(H,17,21)(H,19,20)/b13-12-. The molecule has 0 unspecified atom stereocenters. The van der Waals surface area contributed by atoms with Gasteiger partial charge in [-0.3, -0.25) is 9.59 Å². The van der Waals surface area contributed by atoms with Crippen molar-refractivity contribution in [2.45, 2.75) is 46.0 Å². The van der Waals surface area contributed by atoms with Gasteiger partial charge in [0, 0.05) is 25.8 Å². The number of carbonyl (C=O) groups is 2. The molecule has 0 saturated heterocycles. The van der Waals surface area contributed by atoms with Crippen LogP contribution in [0.3, 0.4) is 0 Å². The number of unbranched alkanes of at least 4 members (excludes halogenated alkanes) is 2. The molecule has 0 saturated carbocycles. The van der Waals surface area contributed by atoms with E-state index in [1.807, 2.05) is 11.0 Å². The molecule has 2 N–H and O–H groups in total. The van der Waals surface area contributed by atoms with Gasteiger partial charge in [0.15, 0.2) is 0 Å². The highest BCUT2D eigenvalue weighted by atomic mass is 16.4. The molecule has 0 fully saturated rings. The third-order valence-corrected chi connectivity index (χ3v) is 2.90. The second-order valence-corrected chi connectivity index (χ2v) is 4.80. The maximum Gasteiger partial charge on any atom is 0.305 e. The van der Waals surface area contributed by atoms with Gasteiger partial charge in [0.1, 0.15) is 11.6 Å². The summed E-state index contributed by atoms with van der Waals surface area (Å²) in [5.41, 5.74) is 0.0209. The number of rotatable bonds is 11. The average molecular weight is 295 g/mol. The lowest BCUT2D eigenvalue weighted by molar-refractivity contribution is -0.136. The molecule has 118 valence electrons. The zero-order chi connectivity index (χ0) is 16.1. The van der Waals surface area contributed by atoms with E-state index < -0.39 is 11.9 Å². The second kappa shape index (κ2) is 11.8. The van der Waals surface area contributed by atoms with Crippen LogP contribution < -0.4 is 5.32 Å². The number of nitriles is 1. The Balaban J connectivity index is 4.63. The van der Waals surface area contributed by atoms with Gasteiger partial charge >= 0.3 is 5.97 Å². The minimum absolute atomic E-state index is 0.0209. The molecule has 0 aliphatic heterocycles. The van der Waals surface area contributed by atoms with E-state index in [2.05, 4.69) is 19.2 Å². The topological polar surface area (TPSA) is 93.4 Å². The maximum absolute atomic E-state index is 11.8. The highest BCUT2D eigenvalue weighted by molar-refractivity contribution is 5.97. The van der Waals surface area contributed by atoms with Crippen molar-refractivity contribution in [2.75, 3.05) is 19.6 Å². The van der Waals surface area contributed by atoms with Gasteiger partial charge in [-0.05, 0) is 12.8 Å². The predicted octanol–water partition coefficient (Wildman–Crippen LogP) is 1.89. The first-order valence-corrected chi connectivity index (χ1v) is 7.41. The lowest BCUT2D eigenvalue weighted by Gasteiger charge is -2.20. The van der Waals surface area contributed by atoms with Crippen LogP contribution in [0.5, 0.6) is 0 Å². The van der Waals surface area contributed by atoms with Crippen molar-refractivity contribution in [2.24, 2.45) is 0 Å². The Bertz CT molecular complexity index is 391. The Hall–Kier alpha value is -2.03. The van der Waals surface area contributed by atoms with Gasteiger partial charge in [-0.15, -0.1) is 0 Å². The van der Waals surface area contributed by atoms with E-state index in [4.69, 9.17) is 10.4 Å². The summed E-state index contributed by atoms with van der Waals surface area (Å²) in [6.45, 7) is 5.82. The van der Waals surface area contributed by atoms with E-state index in [0.717, 1.165) is 38.8 Å².